The minimum absolute atomic E-state index is 0.387. The van der Waals surface area contributed by atoms with Crippen LogP contribution >= 0.6 is 0 Å². The van der Waals surface area contributed by atoms with Crippen LogP contribution in [0.1, 0.15) is 45.6 Å². The molecule has 1 aromatic rings. The van der Waals surface area contributed by atoms with Crippen molar-refractivity contribution < 1.29 is 0 Å². The fraction of sp³-hybridized carbons (Fsp3) is 0.667. The first-order valence-corrected chi connectivity index (χ1v) is 7.71. The summed E-state index contributed by atoms with van der Waals surface area (Å²) >= 11 is 0. The Morgan fingerprint density at radius 3 is 2.67 bits per heavy atom. The number of hydrogen-bond acceptors (Lipinski definition) is 6. The van der Waals surface area contributed by atoms with E-state index in [0.717, 1.165) is 25.9 Å². The second kappa shape index (κ2) is 6.85. The molecule has 21 heavy (non-hydrogen) atoms. The quantitative estimate of drug-likeness (QED) is 0.723. The average molecular weight is 290 g/mol. The molecule has 0 spiro atoms. The van der Waals surface area contributed by atoms with Gasteiger partial charge in [-0.1, -0.05) is 6.92 Å². The lowest BCUT2D eigenvalue weighted by Crippen LogP contribution is -2.42. The van der Waals surface area contributed by atoms with Crippen LogP contribution in [0.2, 0.25) is 0 Å². The van der Waals surface area contributed by atoms with Gasteiger partial charge >= 0.3 is 0 Å². The first-order valence-electron chi connectivity index (χ1n) is 7.71. The fourth-order valence-corrected chi connectivity index (χ4v) is 2.74. The Morgan fingerprint density at radius 2 is 2.10 bits per heavy atom. The van der Waals surface area contributed by atoms with E-state index in [0.29, 0.717) is 41.4 Å². The molecule has 4 N–H and O–H groups in total. The third kappa shape index (κ3) is 3.69. The molecule has 0 aliphatic carbocycles. The number of nitrogens with two attached hydrogens (primary N) is 1. The number of piperidine rings is 1. The minimum Gasteiger partial charge on any atom is -0.383 e. The summed E-state index contributed by atoms with van der Waals surface area (Å²) in [5, 5.41) is 11.5. The lowest BCUT2D eigenvalue weighted by atomic mass is 10.0. The van der Waals surface area contributed by atoms with Gasteiger partial charge in [-0.2, -0.15) is 0 Å². The highest BCUT2D eigenvalue weighted by Crippen LogP contribution is 2.23. The van der Waals surface area contributed by atoms with Crippen molar-refractivity contribution in [3.63, 3.8) is 0 Å². The zero-order valence-corrected chi connectivity index (χ0v) is 13.2. The van der Waals surface area contributed by atoms with Crippen LogP contribution in [0.15, 0.2) is 6.33 Å². The monoisotopic (exact) mass is 290 g/mol. The molecule has 1 aliphatic heterocycles. The Kier molecular flexibility index (Phi) is 5.12. The topological polar surface area (TPSA) is 90.9 Å². The Hall–Kier alpha value is -1.69. The van der Waals surface area contributed by atoms with E-state index >= 15 is 0 Å². The molecule has 0 radical (unpaired) electrons. The van der Waals surface area contributed by atoms with Gasteiger partial charge in [0.1, 0.15) is 18.0 Å². The predicted octanol–water partition coefficient (Wildman–Crippen LogP) is 2.12. The van der Waals surface area contributed by atoms with E-state index in [9.17, 15) is 0 Å². The Balaban J connectivity index is 2.07. The van der Waals surface area contributed by atoms with Crippen LogP contribution in [-0.4, -0.2) is 45.8 Å². The van der Waals surface area contributed by atoms with Crippen molar-refractivity contribution in [3.05, 3.63) is 11.9 Å². The fourth-order valence-electron chi connectivity index (χ4n) is 2.74. The minimum atomic E-state index is 0.387. The summed E-state index contributed by atoms with van der Waals surface area (Å²) in [5.41, 5.74) is 7.06. The zero-order chi connectivity index (χ0) is 15.4. The van der Waals surface area contributed by atoms with Crippen LogP contribution in [0.5, 0.6) is 0 Å². The van der Waals surface area contributed by atoms with Gasteiger partial charge in [0.15, 0.2) is 0 Å². The van der Waals surface area contributed by atoms with Crippen molar-refractivity contribution in [2.45, 2.75) is 52.1 Å². The summed E-state index contributed by atoms with van der Waals surface area (Å²) in [5.74, 6) is 1.09. The lowest BCUT2D eigenvalue weighted by molar-refractivity contribution is 0.177. The lowest BCUT2D eigenvalue weighted by Gasteiger charge is -2.35. The number of nitrogen functional groups attached to an aromatic ring is 1. The molecule has 1 aliphatic rings. The highest BCUT2D eigenvalue weighted by Gasteiger charge is 2.22. The molecule has 6 heteroatoms. The highest BCUT2D eigenvalue weighted by molar-refractivity contribution is 6.05. The molecule has 2 rings (SSSR count). The molecule has 6 nitrogen and oxygen atoms in total. The average Bonchev–Trinajstić information content (AvgIpc) is 2.47. The van der Waals surface area contributed by atoms with Crippen LogP contribution in [0.4, 0.5) is 11.6 Å². The van der Waals surface area contributed by atoms with Gasteiger partial charge in [0.05, 0.1) is 5.56 Å². The highest BCUT2D eigenvalue weighted by atomic mass is 15.2. The van der Waals surface area contributed by atoms with E-state index in [-0.39, 0.29) is 0 Å². The van der Waals surface area contributed by atoms with Crippen molar-refractivity contribution in [2.75, 3.05) is 24.1 Å². The molecule has 116 valence electrons. The maximum Gasteiger partial charge on any atom is 0.140 e. The van der Waals surface area contributed by atoms with E-state index in [1.165, 1.54) is 6.33 Å². The second-order valence-corrected chi connectivity index (χ2v) is 5.86. The Morgan fingerprint density at radius 1 is 1.43 bits per heavy atom. The Bertz CT molecular complexity index is 491. The Labute approximate surface area is 126 Å². The number of aromatic nitrogens is 2. The maximum atomic E-state index is 8.06. The van der Waals surface area contributed by atoms with Crippen LogP contribution in [0, 0.1) is 5.41 Å². The summed E-state index contributed by atoms with van der Waals surface area (Å²) < 4.78 is 0. The molecule has 0 atom stereocenters. The summed E-state index contributed by atoms with van der Waals surface area (Å²) in [7, 11) is 0. The largest absolute Gasteiger partial charge is 0.383 e. The molecule has 2 heterocycles. The van der Waals surface area contributed by atoms with Gasteiger partial charge in [0.25, 0.3) is 0 Å². The smallest absolute Gasteiger partial charge is 0.140 e. The third-order valence-corrected chi connectivity index (χ3v) is 4.13. The number of hydrogen-bond donors (Lipinski definition) is 3. The SMILES string of the molecule is CCC(=N)c1c(N)ncnc1NC1CCN(C(C)C)CC1. The number of rotatable bonds is 5. The second-order valence-electron chi connectivity index (χ2n) is 5.86. The van der Waals surface area contributed by atoms with Crippen LogP contribution in [0.3, 0.4) is 0 Å². The van der Waals surface area contributed by atoms with Crippen molar-refractivity contribution in [3.8, 4) is 0 Å². The van der Waals surface area contributed by atoms with Crippen LogP contribution in [0.25, 0.3) is 0 Å². The van der Waals surface area contributed by atoms with E-state index in [1.807, 2.05) is 6.92 Å². The van der Waals surface area contributed by atoms with E-state index in [2.05, 4.69) is 34.0 Å². The van der Waals surface area contributed by atoms with Crippen LogP contribution in [-0.2, 0) is 0 Å². The third-order valence-electron chi connectivity index (χ3n) is 4.13. The van der Waals surface area contributed by atoms with E-state index < -0.39 is 0 Å². The molecule has 0 saturated carbocycles. The summed E-state index contributed by atoms with van der Waals surface area (Å²) in [6, 6.07) is 0.988. The number of nitrogens with zero attached hydrogens (tertiary/aromatic N) is 3. The van der Waals surface area contributed by atoms with Gasteiger partial charge in [-0.15, -0.1) is 0 Å². The molecular weight excluding hydrogens is 264 g/mol. The van der Waals surface area contributed by atoms with Crippen molar-refractivity contribution in [1.29, 1.82) is 5.41 Å². The normalized spacial score (nSPS) is 17.1. The first-order chi connectivity index (χ1) is 10.0. The van der Waals surface area contributed by atoms with Crippen LogP contribution < -0.4 is 11.1 Å². The van der Waals surface area contributed by atoms with Gasteiger partial charge in [-0.05, 0) is 33.1 Å². The first kappa shape index (κ1) is 15.7. The van der Waals surface area contributed by atoms with Crippen molar-refractivity contribution in [2.24, 2.45) is 0 Å². The summed E-state index contributed by atoms with van der Waals surface area (Å²) in [6.07, 6.45) is 4.26. The van der Waals surface area contributed by atoms with Gasteiger partial charge in [-0.3, -0.25) is 0 Å². The van der Waals surface area contributed by atoms with E-state index in [4.69, 9.17) is 11.1 Å². The molecule has 1 aromatic heterocycles. The predicted molar refractivity (Wildman–Crippen MR) is 86.9 cm³/mol. The zero-order valence-electron chi connectivity index (χ0n) is 13.2. The number of nitrogens with one attached hydrogen (secondary N) is 2. The molecule has 1 fully saturated rings. The molecule has 1 saturated heterocycles. The summed E-state index contributed by atoms with van der Waals surface area (Å²) in [6.45, 7) is 8.60. The molecule has 0 amide bonds. The molecule has 0 bridgehead atoms. The van der Waals surface area contributed by atoms with Gasteiger partial charge in [0, 0.05) is 30.9 Å². The van der Waals surface area contributed by atoms with Gasteiger partial charge in [-0.25, -0.2) is 9.97 Å². The number of anilines is 2. The van der Waals surface area contributed by atoms with Crippen molar-refractivity contribution in [1.82, 2.24) is 14.9 Å². The van der Waals surface area contributed by atoms with Gasteiger partial charge in [0.2, 0.25) is 0 Å². The molecule has 0 aromatic carbocycles. The standard InChI is InChI=1S/C15H26N6/c1-4-12(16)13-14(17)18-9-19-15(13)20-11-5-7-21(8-6-11)10(2)3/h9-11,16H,4-8H2,1-3H3,(H3,17,18,19,20). The molecular formula is C15H26N6. The van der Waals surface area contributed by atoms with E-state index in [1.54, 1.807) is 0 Å². The van der Waals surface area contributed by atoms with Gasteiger partial charge < -0.3 is 21.4 Å². The number of likely N-dealkylation sites (tertiary alicyclic amines) is 1. The van der Waals surface area contributed by atoms with Crippen molar-refractivity contribution >= 4 is 17.3 Å². The molecule has 0 unspecified atom stereocenters. The summed E-state index contributed by atoms with van der Waals surface area (Å²) in [4.78, 5) is 10.8. The maximum absolute atomic E-state index is 8.06.